The summed E-state index contributed by atoms with van der Waals surface area (Å²) in [7, 11) is 5.78. The van der Waals surface area contributed by atoms with Gasteiger partial charge in [-0.05, 0) is 62.3 Å². The van der Waals surface area contributed by atoms with Crippen LogP contribution in [0, 0.1) is 34.0 Å². The van der Waals surface area contributed by atoms with Crippen molar-refractivity contribution in [2.24, 2.45) is 0 Å². The Labute approximate surface area is 711 Å². The molecular weight excluding hydrogens is 1630 g/mol. The molecule has 4 fully saturated rings. The molecule has 652 valence electrons. The number of aromatic nitrogens is 14. The first-order valence-electron chi connectivity index (χ1n) is 37.7. The molecule has 4 atom stereocenters. The van der Waals surface area contributed by atoms with Crippen LogP contribution in [-0.4, -0.2) is 302 Å². The molecule has 11 heterocycles. The summed E-state index contributed by atoms with van der Waals surface area (Å²) in [5, 5.41) is 86.3. The van der Waals surface area contributed by atoms with Gasteiger partial charge in [-0.3, -0.25) is 14.4 Å². The number of nitriles is 3. The Kier molecular flexibility index (Phi) is 36.8. The predicted molar refractivity (Wildman–Crippen MR) is 440 cm³/mol. The van der Waals surface area contributed by atoms with Crippen LogP contribution < -0.4 is 58.9 Å². The highest BCUT2D eigenvalue weighted by Gasteiger charge is 2.33. The van der Waals surface area contributed by atoms with Crippen molar-refractivity contribution >= 4 is 117 Å². The summed E-state index contributed by atoms with van der Waals surface area (Å²) in [6.45, 7) is 23.7. The lowest BCUT2D eigenvalue weighted by atomic mass is 10.2. The Bertz CT molecular complexity index is 4680. The zero-order valence-electron chi connectivity index (χ0n) is 69.3. The molecule has 4 aliphatic rings. The van der Waals surface area contributed by atoms with Gasteiger partial charge >= 0.3 is 24.2 Å². The van der Waals surface area contributed by atoms with E-state index in [0.29, 0.717) is 144 Å². The fourth-order valence-electron chi connectivity index (χ4n) is 10.5. The second-order valence-electron chi connectivity index (χ2n) is 29.0. The van der Waals surface area contributed by atoms with Crippen molar-refractivity contribution in [1.82, 2.24) is 107 Å². The molecule has 4 saturated heterocycles. The number of amides is 6. The monoisotopic (exact) mass is 1730 g/mol. The van der Waals surface area contributed by atoms with E-state index in [-0.39, 0.29) is 98.6 Å². The van der Waals surface area contributed by atoms with Crippen molar-refractivity contribution in [1.29, 1.82) is 15.8 Å². The van der Waals surface area contributed by atoms with E-state index in [0.717, 1.165) is 13.1 Å². The number of anilines is 9. The van der Waals surface area contributed by atoms with E-state index >= 15 is 0 Å². The quantitative estimate of drug-likeness (QED) is 0.0373. The molecule has 7 aromatic rings. The highest BCUT2D eigenvalue weighted by Crippen LogP contribution is 2.26. The summed E-state index contributed by atoms with van der Waals surface area (Å²) >= 11 is 11.7. The number of esters is 1. The van der Waals surface area contributed by atoms with E-state index in [4.69, 9.17) is 77.9 Å². The molecule has 46 nitrogen and oxygen atoms in total. The summed E-state index contributed by atoms with van der Waals surface area (Å²) < 4.78 is 43.7. The van der Waals surface area contributed by atoms with Crippen LogP contribution in [0.4, 0.5) is 66.2 Å². The zero-order valence-corrected chi connectivity index (χ0v) is 70.8. The maximum absolute atomic E-state index is 12.4. The Morgan fingerprint density at radius 3 is 1.11 bits per heavy atom. The lowest BCUT2D eigenvalue weighted by Crippen LogP contribution is -2.49. The Morgan fingerprint density at radius 2 is 0.795 bits per heavy atom. The minimum atomic E-state index is -0.628. The van der Waals surface area contributed by atoms with E-state index in [1.165, 1.54) is 77.6 Å². The molecule has 48 heteroatoms. The minimum absolute atomic E-state index is 0.00902. The second-order valence-corrected chi connectivity index (χ2v) is 29.8. The van der Waals surface area contributed by atoms with Gasteiger partial charge in [-0.25, -0.2) is 49.1 Å². The van der Waals surface area contributed by atoms with Crippen LogP contribution in [0.25, 0.3) is 0 Å². The van der Waals surface area contributed by atoms with Crippen molar-refractivity contribution in [3.05, 3.63) is 112 Å². The van der Waals surface area contributed by atoms with Gasteiger partial charge in [-0.1, -0.05) is 23.2 Å². The first-order valence-corrected chi connectivity index (χ1v) is 38.4. The van der Waals surface area contributed by atoms with E-state index in [1.54, 1.807) is 26.8 Å². The van der Waals surface area contributed by atoms with E-state index in [1.807, 2.05) is 80.5 Å². The van der Waals surface area contributed by atoms with Crippen LogP contribution in [0.1, 0.15) is 121 Å². The van der Waals surface area contributed by atoms with Gasteiger partial charge in [0.15, 0.2) is 61.8 Å². The molecule has 0 aliphatic carbocycles. The van der Waals surface area contributed by atoms with Gasteiger partial charge in [-0.15, -0.1) is 40.8 Å². The summed E-state index contributed by atoms with van der Waals surface area (Å²) in [5.41, 5.74) is 6.38. The number of methoxy groups -OCH3 is 1. The lowest BCUT2D eigenvalue weighted by molar-refractivity contribution is -0.0373. The molecule has 12 N–H and O–H groups in total. The molecule has 4 unspecified atom stereocenters. The SMILES string of the molecule is CNC(=O)c1nnc(Cl)cc1NCC1CN(C(=O)OC(C)(C)C)CCO1.CNC(=O)c1nnc(Nc2cnc(C#N)cn2)cc1NCC1CN(C(=O)OC(C)(C)C)CCO1.CNC(=O)c1nnc(Nc2cnc(C#N)cn2)cc1NCC1CNCCO1.COC(=O)c1nnc(Cl)cc1NCC1CN(C(=O)OC(C)(C)C)CCO1.N#Cc1cnc(N)cn1. The summed E-state index contributed by atoms with van der Waals surface area (Å²) in [4.78, 5) is 113. The number of morpholine rings is 4. The molecule has 4 aliphatic heterocycles. The third-order valence-electron chi connectivity index (χ3n) is 16.1. The maximum atomic E-state index is 12.4. The first kappa shape index (κ1) is 95.8. The predicted octanol–water partition coefficient (Wildman–Crippen LogP) is 4.36. The van der Waals surface area contributed by atoms with Crippen molar-refractivity contribution in [3.8, 4) is 18.2 Å². The number of carbonyl (C=O) groups excluding carboxylic acids is 7. The van der Waals surface area contributed by atoms with E-state index in [2.05, 4.69) is 129 Å². The largest absolute Gasteiger partial charge is 0.464 e. The Hall–Kier alpha value is -13.3. The zero-order chi connectivity index (χ0) is 89.1. The van der Waals surface area contributed by atoms with Crippen LogP contribution >= 0.6 is 23.2 Å². The van der Waals surface area contributed by atoms with Gasteiger partial charge in [-0.2, -0.15) is 15.8 Å². The summed E-state index contributed by atoms with van der Waals surface area (Å²) in [6, 6.07) is 11.9. The number of hydrogen-bond acceptors (Lipinski definition) is 40. The first-order chi connectivity index (χ1) is 58.1. The third kappa shape index (κ3) is 32.4. The fourth-order valence-corrected chi connectivity index (χ4v) is 10.8. The van der Waals surface area contributed by atoms with Crippen LogP contribution in [0.3, 0.4) is 0 Å². The van der Waals surface area contributed by atoms with E-state index in [9.17, 15) is 33.6 Å². The smallest absolute Gasteiger partial charge is 0.410 e. The van der Waals surface area contributed by atoms with Crippen LogP contribution in [0.15, 0.2) is 61.4 Å². The van der Waals surface area contributed by atoms with Crippen LogP contribution in [0.5, 0.6) is 0 Å². The summed E-state index contributed by atoms with van der Waals surface area (Å²) in [6.07, 6.45) is 6.13. The normalized spacial score (nSPS) is 16.1. The molecule has 6 amide bonds. The molecule has 0 aromatic carbocycles. The van der Waals surface area contributed by atoms with E-state index < -0.39 is 34.8 Å². The number of nitrogens with two attached hydrogens (primary N) is 1. The van der Waals surface area contributed by atoms with Crippen molar-refractivity contribution < 1.29 is 71.5 Å². The highest BCUT2D eigenvalue weighted by molar-refractivity contribution is 6.30. The van der Waals surface area contributed by atoms with Crippen LogP contribution in [0.2, 0.25) is 10.3 Å². The Balaban J connectivity index is 0.000000217. The number of halogens is 2. The molecule has 0 spiro atoms. The standard InChI is InChI=1S/C21H27N9O4.C16H24ClN5O4.C16H23ClN4O5.C16H19N9O2.C5H4N4/c1-21(2,3)34-20(32)30-5-6-33-14(12-30)10-25-15-7-16(28-29-18(15)19(31)23-4)27-17-11-24-13(8-22)9-26-17;1-16(2,3)26-15(24)22-5-6-25-10(9-22)8-19-11-7-12(17)20-21-13(11)14(23)18-4;1-16(2,3)26-15(23)21-5-6-25-10(9-21)8-18-11-7-12(17)19-20-13(11)14(22)24-4;1-18-16(26)15-12(21-8-11-7-19-2-3-27-11)4-13(24-25-15)23-14-9-20-10(5-17)6-22-14;6-1-4-2-9-5(7)3-8-4/h7,9,11,14H,5-6,10,12H2,1-4H3,(H,23,31)(H2,25,26,27,28);7,10H,5-6,8-9H2,1-4H3,(H,18,23)(H,19,20);7,10H,5-6,8-9H2,1-4H3,(H,18,19);4,6,9,11,19H,2-3,7-8H2,1H3,(H,18,26)(H2,21,22,23,24);2-3H,(H2,7,9). The van der Waals surface area contributed by atoms with Gasteiger partial charge in [0, 0.05) is 104 Å². The lowest BCUT2D eigenvalue weighted by Gasteiger charge is -2.34. The minimum Gasteiger partial charge on any atom is -0.464 e. The average molecular weight is 1730 g/mol. The number of nitrogen functional groups attached to an aromatic ring is 1. The Morgan fingerprint density at radius 1 is 0.459 bits per heavy atom. The molecule has 11 rings (SSSR count). The van der Waals surface area contributed by atoms with Gasteiger partial charge in [0.05, 0.1) is 138 Å². The number of carbonyl (C=O) groups is 7. The topological polar surface area (TPSA) is 601 Å². The average Bonchev–Trinajstić information content (AvgIpc) is 0.833. The molecule has 0 saturated carbocycles. The van der Waals surface area contributed by atoms with Crippen molar-refractivity contribution in [2.75, 3.05) is 171 Å². The van der Waals surface area contributed by atoms with Crippen molar-refractivity contribution in [2.45, 2.75) is 104 Å². The highest BCUT2D eigenvalue weighted by atomic mass is 35.5. The maximum Gasteiger partial charge on any atom is 0.410 e. The third-order valence-corrected chi connectivity index (χ3v) is 16.5. The molecule has 0 bridgehead atoms. The number of ether oxygens (including phenoxy) is 8. The van der Waals surface area contributed by atoms with Crippen LogP contribution in [-0.2, 0) is 37.9 Å². The summed E-state index contributed by atoms with van der Waals surface area (Å²) in [5.74, 6) is 0.0116. The second kappa shape index (κ2) is 46.9. The number of nitrogens with zero attached hydrogens (tertiary/aromatic N) is 20. The van der Waals surface area contributed by atoms with Gasteiger partial charge in [0.1, 0.15) is 52.5 Å². The molecule has 7 aromatic heterocycles. The molecule has 0 radical (unpaired) electrons. The van der Waals surface area contributed by atoms with Gasteiger partial charge in [0.25, 0.3) is 17.7 Å². The number of nitrogens with one attached hydrogen (secondary N) is 10. The number of rotatable bonds is 20. The number of hydrogen-bond donors (Lipinski definition) is 11. The van der Waals surface area contributed by atoms with Gasteiger partial charge in [0.2, 0.25) is 0 Å². The van der Waals surface area contributed by atoms with Crippen molar-refractivity contribution in [3.63, 3.8) is 0 Å². The van der Waals surface area contributed by atoms with Gasteiger partial charge < -0.3 is 111 Å². The fraction of sp³-hybridized carbons (Fsp3) is 0.486. The molecule has 122 heavy (non-hydrogen) atoms. The molecular formula is C74H97Cl2N31O15.